The molecule has 0 saturated carbocycles. The lowest BCUT2D eigenvalue weighted by molar-refractivity contribution is -0.127. The molecule has 0 bridgehead atoms. The van der Waals surface area contributed by atoms with Crippen molar-refractivity contribution in [1.29, 1.82) is 0 Å². The third-order valence-corrected chi connectivity index (χ3v) is 6.33. The van der Waals surface area contributed by atoms with E-state index in [1.165, 1.54) is 23.1 Å². The van der Waals surface area contributed by atoms with Gasteiger partial charge in [-0.15, -0.1) is 11.3 Å². The quantitative estimate of drug-likeness (QED) is 0.424. The first kappa shape index (κ1) is 20.6. The number of rotatable bonds is 7. The average Bonchev–Trinajstić information content (AvgIpc) is 3.12. The number of hydrogen-bond donors (Lipinski definition) is 0. The molecule has 0 aliphatic heterocycles. The Bertz CT molecular complexity index is 1040. The second kappa shape index (κ2) is 8.92. The highest BCUT2D eigenvalue weighted by molar-refractivity contribution is 7.99. The first-order chi connectivity index (χ1) is 13.4. The standard InChI is InChI=1S/C21H25N3O2S2/c1-5-6-8-23(4)18(25)13-28-21-22-17-7-9-27-19(17)20(26)24(21)16-11-14(2)10-15(3)12-16/h7,9-12H,5-6,8,13H2,1-4H3. The molecule has 0 unspecified atom stereocenters. The van der Waals surface area contributed by atoms with Gasteiger partial charge in [0, 0.05) is 13.6 Å². The molecule has 0 spiro atoms. The Morgan fingerprint density at radius 1 is 1.25 bits per heavy atom. The average molecular weight is 416 g/mol. The molecule has 0 aliphatic rings. The van der Waals surface area contributed by atoms with Gasteiger partial charge in [-0.05, 0) is 55.0 Å². The van der Waals surface area contributed by atoms with Gasteiger partial charge in [-0.1, -0.05) is 31.2 Å². The summed E-state index contributed by atoms with van der Waals surface area (Å²) in [5, 5.41) is 2.43. The molecule has 7 heteroatoms. The Hall–Kier alpha value is -2.12. The molecule has 2 heterocycles. The lowest BCUT2D eigenvalue weighted by Gasteiger charge is -2.17. The van der Waals surface area contributed by atoms with E-state index in [1.807, 2.05) is 44.5 Å². The van der Waals surface area contributed by atoms with Crippen molar-refractivity contribution in [2.75, 3.05) is 19.3 Å². The maximum absolute atomic E-state index is 13.2. The maximum Gasteiger partial charge on any atom is 0.276 e. The van der Waals surface area contributed by atoms with Crippen LogP contribution in [-0.2, 0) is 4.79 Å². The summed E-state index contributed by atoms with van der Waals surface area (Å²) >= 11 is 2.72. The van der Waals surface area contributed by atoms with Crippen molar-refractivity contribution < 1.29 is 4.79 Å². The summed E-state index contributed by atoms with van der Waals surface area (Å²) in [4.78, 5) is 32.1. The van der Waals surface area contributed by atoms with Crippen LogP contribution in [0.5, 0.6) is 0 Å². The van der Waals surface area contributed by atoms with Crippen LogP contribution in [0.15, 0.2) is 39.6 Å². The van der Waals surface area contributed by atoms with E-state index in [9.17, 15) is 9.59 Å². The highest BCUT2D eigenvalue weighted by atomic mass is 32.2. The van der Waals surface area contributed by atoms with Crippen LogP contribution in [-0.4, -0.2) is 39.7 Å². The molecule has 0 aliphatic carbocycles. The van der Waals surface area contributed by atoms with Crippen LogP contribution in [0.4, 0.5) is 0 Å². The van der Waals surface area contributed by atoms with E-state index in [4.69, 9.17) is 4.98 Å². The van der Waals surface area contributed by atoms with Crippen LogP contribution in [0.25, 0.3) is 15.9 Å². The molecule has 148 valence electrons. The Kier molecular flexibility index (Phi) is 6.57. The minimum Gasteiger partial charge on any atom is -0.345 e. The van der Waals surface area contributed by atoms with Gasteiger partial charge in [-0.3, -0.25) is 14.2 Å². The number of thioether (sulfide) groups is 1. The fraction of sp³-hybridized carbons (Fsp3) is 0.381. The van der Waals surface area contributed by atoms with Crippen LogP contribution < -0.4 is 5.56 Å². The van der Waals surface area contributed by atoms with Crippen molar-refractivity contribution in [3.63, 3.8) is 0 Å². The van der Waals surface area contributed by atoms with E-state index in [0.717, 1.165) is 36.2 Å². The van der Waals surface area contributed by atoms with E-state index in [0.29, 0.717) is 15.4 Å². The Morgan fingerprint density at radius 3 is 2.64 bits per heavy atom. The number of benzene rings is 1. The minimum absolute atomic E-state index is 0.0464. The first-order valence-corrected chi connectivity index (χ1v) is 11.2. The topological polar surface area (TPSA) is 55.2 Å². The summed E-state index contributed by atoms with van der Waals surface area (Å²) in [7, 11) is 1.82. The van der Waals surface area contributed by atoms with E-state index in [2.05, 4.69) is 13.0 Å². The van der Waals surface area contributed by atoms with E-state index >= 15 is 0 Å². The van der Waals surface area contributed by atoms with Crippen molar-refractivity contribution in [2.45, 2.75) is 38.8 Å². The third kappa shape index (κ3) is 4.47. The highest BCUT2D eigenvalue weighted by Gasteiger charge is 2.17. The summed E-state index contributed by atoms with van der Waals surface area (Å²) in [6.45, 7) is 6.88. The number of amides is 1. The molecule has 0 fully saturated rings. The lowest BCUT2D eigenvalue weighted by atomic mass is 10.1. The summed E-state index contributed by atoms with van der Waals surface area (Å²) in [5.41, 5.74) is 3.56. The van der Waals surface area contributed by atoms with Crippen LogP contribution in [0.3, 0.4) is 0 Å². The largest absolute Gasteiger partial charge is 0.345 e. The molecule has 0 atom stereocenters. The van der Waals surface area contributed by atoms with Gasteiger partial charge in [-0.2, -0.15) is 0 Å². The van der Waals surface area contributed by atoms with Gasteiger partial charge in [0.15, 0.2) is 5.16 Å². The molecule has 0 N–H and O–H groups in total. The number of unbranched alkanes of at least 4 members (excludes halogenated alkanes) is 1. The number of thiophene rings is 1. The fourth-order valence-electron chi connectivity index (χ4n) is 3.05. The maximum atomic E-state index is 13.2. The number of aryl methyl sites for hydroxylation is 2. The lowest BCUT2D eigenvalue weighted by Crippen LogP contribution is -2.29. The van der Waals surface area contributed by atoms with Gasteiger partial charge in [0.05, 0.1) is 17.0 Å². The van der Waals surface area contributed by atoms with Gasteiger partial charge >= 0.3 is 0 Å². The highest BCUT2D eigenvalue weighted by Crippen LogP contribution is 2.25. The van der Waals surface area contributed by atoms with Crippen molar-refractivity contribution in [3.8, 4) is 5.69 Å². The van der Waals surface area contributed by atoms with Crippen LogP contribution in [0, 0.1) is 13.8 Å². The second-order valence-electron chi connectivity index (χ2n) is 6.97. The molecule has 5 nitrogen and oxygen atoms in total. The van der Waals surface area contributed by atoms with E-state index in [-0.39, 0.29) is 17.2 Å². The molecule has 28 heavy (non-hydrogen) atoms. The predicted molar refractivity (Wildman–Crippen MR) is 118 cm³/mol. The van der Waals surface area contributed by atoms with E-state index < -0.39 is 0 Å². The van der Waals surface area contributed by atoms with Crippen LogP contribution in [0.1, 0.15) is 30.9 Å². The van der Waals surface area contributed by atoms with Gasteiger partial charge in [0.1, 0.15) is 4.70 Å². The number of fused-ring (bicyclic) bond motifs is 1. The second-order valence-corrected chi connectivity index (χ2v) is 8.83. The minimum atomic E-state index is -0.0840. The fourth-order valence-corrected chi connectivity index (χ4v) is 4.77. The first-order valence-electron chi connectivity index (χ1n) is 9.36. The number of aromatic nitrogens is 2. The van der Waals surface area contributed by atoms with Crippen molar-refractivity contribution in [3.05, 3.63) is 51.1 Å². The monoisotopic (exact) mass is 415 g/mol. The summed E-state index contributed by atoms with van der Waals surface area (Å²) in [5.74, 6) is 0.303. The number of carbonyl (C=O) groups excluding carboxylic acids is 1. The van der Waals surface area contributed by atoms with Crippen LogP contribution in [0.2, 0.25) is 0 Å². The Labute approximate surface area is 173 Å². The zero-order valence-corrected chi connectivity index (χ0v) is 18.3. The van der Waals surface area contributed by atoms with Crippen molar-refractivity contribution >= 4 is 39.2 Å². The Morgan fingerprint density at radius 2 is 1.96 bits per heavy atom. The molecular weight excluding hydrogens is 390 g/mol. The smallest absolute Gasteiger partial charge is 0.276 e. The number of carbonyl (C=O) groups is 1. The zero-order valence-electron chi connectivity index (χ0n) is 16.7. The molecule has 0 saturated heterocycles. The van der Waals surface area contributed by atoms with Gasteiger partial charge in [0.2, 0.25) is 5.91 Å². The van der Waals surface area contributed by atoms with Crippen molar-refractivity contribution in [1.82, 2.24) is 14.5 Å². The van der Waals surface area contributed by atoms with Gasteiger partial charge < -0.3 is 4.90 Å². The van der Waals surface area contributed by atoms with Gasteiger partial charge in [0.25, 0.3) is 5.56 Å². The number of hydrogen-bond acceptors (Lipinski definition) is 5. The molecule has 1 aromatic carbocycles. The van der Waals surface area contributed by atoms with Crippen molar-refractivity contribution in [2.24, 2.45) is 0 Å². The molecule has 2 aromatic heterocycles. The molecule has 3 aromatic rings. The molecule has 0 radical (unpaired) electrons. The normalized spacial score (nSPS) is 11.1. The number of nitrogens with zero attached hydrogens (tertiary/aromatic N) is 3. The summed E-state index contributed by atoms with van der Waals surface area (Å²) < 4.78 is 2.28. The molecule has 3 rings (SSSR count). The third-order valence-electron chi connectivity index (χ3n) is 4.51. The zero-order chi connectivity index (χ0) is 20.3. The van der Waals surface area contributed by atoms with Gasteiger partial charge in [-0.25, -0.2) is 4.98 Å². The van der Waals surface area contributed by atoms with Crippen LogP contribution >= 0.6 is 23.1 Å². The SMILES string of the molecule is CCCCN(C)C(=O)CSc1nc2ccsc2c(=O)n1-c1cc(C)cc(C)c1. The molecular formula is C21H25N3O2S2. The predicted octanol–water partition coefficient (Wildman–Crippen LogP) is 4.41. The van der Waals surface area contributed by atoms with E-state index in [1.54, 1.807) is 9.47 Å². The summed E-state index contributed by atoms with van der Waals surface area (Å²) in [6.07, 6.45) is 2.03. The Balaban J connectivity index is 1.99. The molecule has 1 amide bonds. The summed E-state index contributed by atoms with van der Waals surface area (Å²) in [6, 6.07) is 7.89.